The van der Waals surface area contributed by atoms with E-state index in [1.54, 1.807) is 6.07 Å². The van der Waals surface area contributed by atoms with Crippen molar-refractivity contribution in [2.75, 3.05) is 26.2 Å². The Morgan fingerprint density at radius 3 is 2.58 bits per heavy atom. The largest absolute Gasteiger partial charge is 0.351 e. The average molecular weight is 353 g/mol. The fourth-order valence-electron chi connectivity index (χ4n) is 4.10. The molecule has 1 fully saturated rings. The lowest BCUT2D eigenvalue weighted by atomic mass is 9.87. The lowest BCUT2D eigenvalue weighted by molar-refractivity contribution is 0.0517. The van der Waals surface area contributed by atoms with Gasteiger partial charge in [0, 0.05) is 38.3 Å². The third-order valence-electron chi connectivity index (χ3n) is 5.77. The molecule has 5 nitrogen and oxygen atoms in total. The van der Waals surface area contributed by atoms with Gasteiger partial charge in [-0.2, -0.15) is 0 Å². The van der Waals surface area contributed by atoms with Gasteiger partial charge in [-0.05, 0) is 36.3 Å². The average Bonchev–Trinajstić information content (AvgIpc) is 3.18. The number of nitrogens with zero attached hydrogens (tertiary/aromatic N) is 3. The highest BCUT2D eigenvalue weighted by molar-refractivity contribution is 5.91. The first-order valence-electron chi connectivity index (χ1n) is 9.68. The molecule has 2 heterocycles. The fraction of sp³-hybridized carbons (Fsp3) is 0.524. The number of fused-ring (bicyclic) bond motifs is 1. The molecule has 0 saturated carbocycles. The van der Waals surface area contributed by atoms with E-state index in [0.29, 0.717) is 11.8 Å². The van der Waals surface area contributed by atoms with Gasteiger partial charge in [-0.1, -0.05) is 43.3 Å². The molecule has 4 rings (SSSR count). The van der Waals surface area contributed by atoms with E-state index < -0.39 is 0 Å². The van der Waals surface area contributed by atoms with E-state index in [2.05, 4.69) is 34.3 Å². The van der Waals surface area contributed by atoms with Gasteiger partial charge in [0.1, 0.15) is 0 Å². The van der Waals surface area contributed by atoms with Crippen LogP contribution in [0.5, 0.6) is 0 Å². The van der Waals surface area contributed by atoms with Crippen molar-refractivity contribution in [3.05, 3.63) is 52.9 Å². The first-order chi connectivity index (χ1) is 12.6. The van der Waals surface area contributed by atoms with Crippen molar-refractivity contribution in [1.82, 2.24) is 15.0 Å². The molecule has 0 bridgehead atoms. The summed E-state index contributed by atoms with van der Waals surface area (Å²) in [4.78, 5) is 17.1. The molecule has 0 unspecified atom stereocenters. The first kappa shape index (κ1) is 17.3. The van der Waals surface area contributed by atoms with Gasteiger partial charge in [0.2, 0.25) is 5.76 Å². The molecular formula is C21H27N3O2. The van der Waals surface area contributed by atoms with Gasteiger partial charge in [0.25, 0.3) is 5.91 Å². The summed E-state index contributed by atoms with van der Waals surface area (Å²) in [6, 6.07) is 11.2. The predicted molar refractivity (Wildman–Crippen MR) is 100 cm³/mol. The molecule has 1 aliphatic carbocycles. The minimum Gasteiger partial charge on any atom is -0.351 e. The molecule has 1 aromatic heterocycles. The number of benzene rings is 1. The summed E-state index contributed by atoms with van der Waals surface area (Å²) >= 11 is 0. The van der Waals surface area contributed by atoms with Gasteiger partial charge in [-0.3, -0.25) is 9.69 Å². The molecule has 26 heavy (non-hydrogen) atoms. The fourth-order valence-corrected chi connectivity index (χ4v) is 4.10. The Kier molecular flexibility index (Phi) is 4.81. The smallest absolute Gasteiger partial charge is 0.292 e. The number of piperazine rings is 1. The lowest BCUT2D eigenvalue weighted by Gasteiger charge is -2.40. The molecule has 1 aromatic carbocycles. The van der Waals surface area contributed by atoms with Crippen LogP contribution in [0.4, 0.5) is 0 Å². The first-order valence-corrected chi connectivity index (χ1v) is 9.68. The summed E-state index contributed by atoms with van der Waals surface area (Å²) in [5, 5.41) is 4.01. The zero-order valence-electron chi connectivity index (χ0n) is 15.6. The Bertz CT molecular complexity index is 775. The van der Waals surface area contributed by atoms with Crippen LogP contribution < -0.4 is 0 Å². The molecule has 2 aliphatic rings. The van der Waals surface area contributed by atoms with Crippen LogP contribution in [0.2, 0.25) is 0 Å². The molecule has 1 atom stereocenters. The maximum Gasteiger partial charge on any atom is 0.292 e. The Balaban J connectivity index is 1.35. The monoisotopic (exact) mass is 353 g/mol. The zero-order chi connectivity index (χ0) is 18.1. The van der Waals surface area contributed by atoms with Crippen molar-refractivity contribution in [3.8, 4) is 0 Å². The second kappa shape index (κ2) is 7.23. The highest BCUT2D eigenvalue weighted by Crippen LogP contribution is 2.25. The van der Waals surface area contributed by atoms with Crippen molar-refractivity contribution in [2.45, 2.75) is 45.1 Å². The van der Waals surface area contributed by atoms with E-state index in [9.17, 15) is 4.79 Å². The second-order valence-electron chi connectivity index (χ2n) is 7.76. The van der Waals surface area contributed by atoms with Crippen molar-refractivity contribution in [1.29, 1.82) is 0 Å². The normalized spacial score (nSPS) is 21.0. The van der Waals surface area contributed by atoms with Crippen LogP contribution in [-0.2, 0) is 12.8 Å². The van der Waals surface area contributed by atoms with Crippen LogP contribution in [0.1, 0.15) is 53.6 Å². The van der Waals surface area contributed by atoms with Crippen molar-refractivity contribution < 1.29 is 9.32 Å². The molecule has 0 radical (unpaired) electrons. The molecule has 2 aromatic rings. The quantitative estimate of drug-likeness (QED) is 0.851. The predicted octanol–water partition coefficient (Wildman–Crippen LogP) is 3.11. The minimum atomic E-state index is -0.0296. The van der Waals surface area contributed by atoms with Gasteiger partial charge in [-0.15, -0.1) is 0 Å². The number of aromatic nitrogens is 1. The molecule has 0 spiro atoms. The number of aryl methyl sites for hydroxylation is 1. The topological polar surface area (TPSA) is 49.6 Å². The number of rotatable bonds is 3. The van der Waals surface area contributed by atoms with Crippen LogP contribution >= 0.6 is 0 Å². The standard InChI is InChI=1S/C21H27N3O2/c1-15(2)19-14-20(26-22-19)21(25)24-11-9-23(10-12-24)18-8-7-16-5-3-4-6-17(16)13-18/h3-6,14-15,18H,7-13H2,1-2H3/t18-/m0/s1. The van der Waals surface area contributed by atoms with Gasteiger partial charge in [-0.25, -0.2) is 0 Å². The minimum absolute atomic E-state index is 0.0296. The van der Waals surface area contributed by atoms with Gasteiger partial charge in [0.15, 0.2) is 0 Å². The summed E-state index contributed by atoms with van der Waals surface area (Å²) in [6.07, 6.45) is 3.50. The summed E-state index contributed by atoms with van der Waals surface area (Å²) in [5.41, 5.74) is 3.84. The van der Waals surface area contributed by atoms with Gasteiger partial charge < -0.3 is 9.42 Å². The van der Waals surface area contributed by atoms with E-state index >= 15 is 0 Å². The Hall–Kier alpha value is -2.14. The molecule has 5 heteroatoms. The van der Waals surface area contributed by atoms with Crippen LogP contribution in [0, 0.1) is 0 Å². The maximum atomic E-state index is 12.7. The maximum absolute atomic E-state index is 12.7. The third kappa shape index (κ3) is 3.40. The van der Waals surface area contributed by atoms with Crippen LogP contribution in [-0.4, -0.2) is 53.1 Å². The number of carbonyl (C=O) groups excluding carboxylic acids is 1. The molecule has 1 aliphatic heterocycles. The number of hydrogen-bond acceptors (Lipinski definition) is 4. The summed E-state index contributed by atoms with van der Waals surface area (Å²) in [5.74, 6) is 0.609. The molecule has 0 N–H and O–H groups in total. The lowest BCUT2D eigenvalue weighted by Crippen LogP contribution is -2.53. The number of amides is 1. The summed E-state index contributed by atoms with van der Waals surface area (Å²) in [6.45, 7) is 7.48. The van der Waals surface area contributed by atoms with E-state index in [4.69, 9.17) is 4.52 Å². The van der Waals surface area contributed by atoms with Crippen LogP contribution in [0.3, 0.4) is 0 Å². The van der Waals surface area contributed by atoms with E-state index in [1.165, 1.54) is 17.5 Å². The number of hydrogen-bond donors (Lipinski definition) is 0. The van der Waals surface area contributed by atoms with Crippen molar-refractivity contribution >= 4 is 5.91 Å². The van der Waals surface area contributed by atoms with E-state index in [-0.39, 0.29) is 11.8 Å². The third-order valence-corrected chi connectivity index (χ3v) is 5.77. The highest BCUT2D eigenvalue weighted by Gasteiger charge is 2.30. The molecular weight excluding hydrogens is 326 g/mol. The van der Waals surface area contributed by atoms with Gasteiger partial charge in [0.05, 0.1) is 5.69 Å². The molecule has 1 amide bonds. The van der Waals surface area contributed by atoms with Gasteiger partial charge >= 0.3 is 0 Å². The Morgan fingerprint density at radius 2 is 1.88 bits per heavy atom. The summed E-state index contributed by atoms with van der Waals surface area (Å²) in [7, 11) is 0. The molecule has 1 saturated heterocycles. The van der Waals surface area contributed by atoms with E-state index in [1.807, 2.05) is 18.7 Å². The van der Waals surface area contributed by atoms with Crippen LogP contribution in [0.25, 0.3) is 0 Å². The second-order valence-corrected chi connectivity index (χ2v) is 7.76. The number of carbonyl (C=O) groups is 1. The highest BCUT2D eigenvalue weighted by atomic mass is 16.5. The molecule has 138 valence electrons. The van der Waals surface area contributed by atoms with Crippen LogP contribution in [0.15, 0.2) is 34.9 Å². The Labute approximate surface area is 155 Å². The SMILES string of the molecule is CC(C)c1cc(C(=O)N2CCN([C@H]3CCc4ccccc4C3)CC2)on1. The van der Waals surface area contributed by atoms with Crippen molar-refractivity contribution in [2.24, 2.45) is 0 Å². The summed E-state index contributed by atoms with van der Waals surface area (Å²) < 4.78 is 5.27. The van der Waals surface area contributed by atoms with Crippen molar-refractivity contribution in [3.63, 3.8) is 0 Å². The Morgan fingerprint density at radius 1 is 1.15 bits per heavy atom. The zero-order valence-corrected chi connectivity index (χ0v) is 15.6. The van der Waals surface area contributed by atoms with E-state index in [0.717, 1.165) is 44.7 Å².